The van der Waals surface area contributed by atoms with Gasteiger partial charge in [0, 0.05) is 6.42 Å². The number of carbonyl (C=O) groups is 1. The van der Waals surface area contributed by atoms with Crippen LogP contribution in [0.3, 0.4) is 0 Å². The number of carbonyl (C=O) groups excluding carboxylic acids is 1. The molecule has 2 aliphatic heterocycles. The van der Waals surface area contributed by atoms with Gasteiger partial charge < -0.3 is 14.7 Å². The normalized spacial score (nSPS) is 30.6. The molecule has 1 N–H and O–H groups in total. The molecule has 4 nitrogen and oxygen atoms in total. The van der Waals surface area contributed by atoms with E-state index in [1.807, 2.05) is 0 Å². The van der Waals surface area contributed by atoms with Crippen molar-refractivity contribution in [1.82, 2.24) is 4.90 Å². The molecule has 2 heterocycles. The van der Waals surface area contributed by atoms with Crippen LogP contribution in [0.5, 0.6) is 0 Å². The molecule has 2 aliphatic rings. The second-order valence-electron chi connectivity index (χ2n) is 3.65. The highest BCUT2D eigenvalue weighted by Crippen LogP contribution is 2.27. The standard InChI is InChI=1S/C8H12FNO3/c9-8(5-11)3-10(4-8)7(12)6-1-2-13-6/h6,11H,1-5H2. The van der Waals surface area contributed by atoms with Gasteiger partial charge in [-0.3, -0.25) is 4.79 Å². The van der Waals surface area contributed by atoms with Crippen molar-refractivity contribution in [3.63, 3.8) is 0 Å². The third-order valence-electron chi connectivity index (χ3n) is 2.52. The van der Waals surface area contributed by atoms with E-state index >= 15 is 0 Å². The van der Waals surface area contributed by atoms with Crippen LogP contribution in [0.25, 0.3) is 0 Å². The maximum atomic E-state index is 13.1. The number of hydrogen-bond acceptors (Lipinski definition) is 3. The Balaban J connectivity index is 1.82. The minimum atomic E-state index is -1.57. The minimum absolute atomic E-state index is 0.00218. The number of likely N-dealkylation sites (tertiary alicyclic amines) is 1. The molecule has 5 heteroatoms. The topological polar surface area (TPSA) is 49.8 Å². The molecule has 1 amide bonds. The Bertz CT molecular complexity index is 223. The number of aliphatic hydroxyl groups excluding tert-OH is 1. The van der Waals surface area contributed by atoms with Gasteiger partial charge in [-0.2, -0.15) is 0 Å². The van der Waals surface area contributed by atoms with Gasteiger partial charge in [-0.05, 0) is 0 Å². The summed E-state index contributed by atoms with van der Waals surface area (Å²) in [5.41, 5.74) is -1.57. The number of alkyl halides is 1. The van der Waals surface area contributed by atoms with Gasteiger partial charge in [-0.15, -0.1) is 0 Å². The largest absolute Gasteiger partial charge is 0.393 e. The fourth-order valence-corrected chi connectivity index (χ4v) is 1.53. The zero-order valence-electron chi connectivity index (χ0n) is 7.20. The van der Waals surface area contributed by atoms with Gasteiger partial charge in [0.2, 0.25) is 0 Å². The van der Waals surface area contributed by atoms with Gasteiger partial charge in [-0.25, -0.2) is 4.39 Å². The Morgan fingerprint density at radius 1 is 1.69 bits per heavy atom. The minimum Gasteiger partial charge on any atom is -0.393 e. The molecule has 2 fully saturated rings. The maximum absolute atomic E-state index is 13.1. The quantitative estimate of drug-likeness (QED) is 0.626. The van der Waals surface area contributed by atoms with Crippen LogP contribution in [-0.4, -0.2) is 54.0 Å². The van der Waals surface area contributed by atoms with Gasteiger partial charge >= 0.3 is 0 Å². The van der Waals surface area contributed by atoms with E-state index < -0.39 is 12.3 Å². The molecular weight excluding hydrogens is 177 g/mol. The van der Waals surface area contributed by atoms with E-state index in [-0.39, 0.29) is 25.1 Å². The lowest BCUT2D eigenvalue weighted by Gasteiger charge is -2.45. The van der Waals surface area contributed by atoms with Gasteiger partial charge in [-0.1, -0.05) is 0 Å². The highest BCUT2D eigenvalue weighted by atomic mass is 19.1. The van der Waals surface area contributed by atoms with Crippen molar-refractivity contribution >= 4 is 5.91 Å². The number of halogens is 1. The van der Waals surface area contributed by atoms with Crippen LogP contribution in [0.4, 0.5) is 4.39 Å². The molecule has 1 atom stereocenters. The summed E-state index contributed by atoms with van der Waals surface area (Å²) in [6.45, 7) is 0.109. The van der Waals surface area contributed by atoms with Gasteiger partial charge in [0.1, 0.15) is 6.10 Å². The molecule has 0 radical (unpaired) electrons. The smallest absolute Gasteiger partial charge is 0.252 e. The molecule has 0 aromatic rings. The summed E-state index contributed by atoms with van der Waals surface area (Å²) in [4.78, 5) is 12.8. The van der Waals surface area contributed by atoms with Crippen molar-refractivity contribution < 1.29 is 19.0 Å². The highest BCUT2D eigenvalue weighted by molar-refractivity contribution is 5.82. The number of hydrogen-bond donors (Lipinski definition) is 1. The first-order valence-corrected chi connectivity index (χ1v) is 4.35. The van der Waals surface area contributed by atoms with E-state index in [1.165, 1.54) is 4.90 Å². The highest BCUT2D eigenvalue weighted by Gasteiger charge is 2.47. The van der Waals surface area contributed by atoms with Crippen LogP contribution in [-0.2, 0) is 9.53 Å². The maximum Gasteiger partial charge on any atom is 0.252 e. The van der Waals surface area contributed by atoms with E-state index in [0.29, 0.717) is 6.61 Å². The molecule has 0 saturated carbocycles. The first-order valence-electron chi connectivity index (χ1n) is 4.35. The number of ether oxygens (including phenoxy) is 1. The molecule has 2 rings (SSSR count). The number of amides is 1. The summed E-state index contributed by atoms with van der Waals surface area (Å²) in [6, 6.07) is 0. The Morgan fingerprint density at radius 2 is 2.31 bits per heavy atom. The van der Waals surface area contributed by atoms with E-state index in [2.05, 4.69) is 0 Å². The molecular formula is C8H12FNO3. The Labute approximate surface area is 75.3 Å². The van der Waals surface area contributed by atoms with Crippen LogP contribution in [0.1, 0.15) is 6.42 Å². The summed E-state index contributed by atoms with van der Waals surface area (Å²) >= 11 is 0. The van der Waals surface area contributed by atoms with Crippen molar-refractivity contribution in [2.24, 2.45) is 0 Å². The lowest BCUT2D eigenvalue weighted by atomic mass is 9.96. The SMILES string of the molecule is O=C(C1CCO1)N1CC(F)(CO)C1. The molecule has 74 valence electrons. The predicted molar refractivity (Wildman–Crippen MR) is 41.9 cm³/mol. The summed E-state index contributed by atoms with van der Waals surface area (Å²) < 4.78 is 18.1. The summed E-state index contributed by atoms with van der Waals surface area (Å²) in [7, 11) is 0. The molecule has 2 saturated heterocycles. The Morgan fingerprint density at radius 3 is 2.69 bits per heavy atom. The Hall–Kier alpha value is -0.680. The van der Waals surface area contributed by atoms with Crippen molar-refractivity contribution in [3.05, 3.63) is 0 Å². The summed E-state index contributed by atoms with van der Waals surface area (Å²) in [5, 5.41) is 8.61. The third-order valence-corrected chi connectivity index (χ3v) is 2.52. The first-order chi connectivity index (χ1) is 6.14. The zero-order chi connectivity index (χ0) is 9.47. The van der Waals surface area contributed by atoms with Crippen molar-refractivity contribution in [2.75, 3.05) is 26.3 Å². The average molecular weight is 189 g/mol. The molecule has 0 aromatic carbocycles. The molecule has 13 heavy (non-hydrogen) atoms. The van der Waals surface area contributed by atoms with E-state index in [4.69, 9.17) is 9.84 Å². The fraction of sp³-hybridized carbons (Fsp3) is 0.875. The fourth-order valence-electron chi connectivity index (χ4n) is 1.53. The van der Waals surface area contributed by atoms with Crippen molar-refractivity contribution in [1.29, 1.82) is 0 Å². The van der Waals surface area contributed by atoms with Crippen molar-refractivity contribution in [2.45, 2.75) is 18.2 Å². The molecule has 0 spiro atoms. The van der Waals surface area contributed by atoms with Crippen molar-refractivity contribution in [3.8, 4) is 0 Å². The third kappa shape index (κ3) is 1.42. The van der Waals surface area contributed by atoms with Gasteiger partial charge in [0.25, 0.3) is 5.91 Å². The van der Waals surface area contributed by atoms with Crippen LogP contribution < -0.4 is 0 Å². The lowest BCUT2D eigenvalue weighted by molar-refractivity contribution is -0.172. The van der Waals surface area contributed by atoms with Gasteiger partial charge in [0.15, 0.2) is 5.67 Å². The monoisotopic (exact) mass is 189 g/mol. The molecule has 0 aromatic heterocycles. The zero-order valence-corrected chi connectivity index (χ0v) is 7.20. The van der Waals surface area contributed by atoms with Crippen LogP contribution in [0, 0.1) is 0 Å². The van der Waals surface area contributed by atoms with Gasteiger partial charge in [0.05, 0.1) is 26.3 Å². The number of aliphatic hydroxyl groups is 1. The molecule has 1 unspecified atom stereocenters. The second kappa shape index (κ2) is 2.92. The number of rotatable bonds is 2. The Kier molecular flexibility index (Phi) is 2.00. The van der Waals surface area contributed by atoms with E-state index in [9.17, 15) is 9.18 Å². The summed E-state index contributed by atoms with van der Waals surface area (Å²) in [6.07, 6.45) is 0.372. The van der Waals surface area contributed by atoms with E-state index in [0.717, 1.165) is 6.42 Å². The second-order valence-corrected chi connectivity index (χ2v) is 3.65. The molecule has 0 bridgehead atoms. The first kappa shape index (κ1) is 8.90. The van der Waals surface area contributed by atoms with Crippen LogP contribution in [0.2, 0.25) is 0 Å². The summed E-state index contributed by atoms with van der Waals surface area (Å²) in [5.74, 6) is -0.145. The van der Waals surface area contributed by atoms with E-state index in [1.54, 1.807) is 0 Å². The number of nitrogens with zero attached hydrogens (tertiary/aromatic N) is 1. The molecule has 0 aliphatic carbocycles. The van der Waals surface area contributed by atoms with Crippen LogP contribution >= 0.6 is 0 Å². The predicted octanol–water partition coefficient (Wildman–Crippen LogP) is -0.682. The lowest BCUT2D eigenvalue weighted by Crippen LogP contribution is -2.65. The average Bonchev–Trinajstić information content (AvgIpc) is 1.95. The van der Waals surface area contributed by atoms with Crippen LogP contribution in [0.15, 0.2) is 0 Å².